The van der Waals surface area contributed by atoms with Gasteiger partial charge in [-0.25, -0.2) is 0 Å². The number of hydrogen-bond acceptors (Lipinski definition) is 4. The van der Waals surface area contributed by atoms with Gasteiger partial charge in [0.05, 0.1) is 23.4 Å². The maximum Gasteiger partial charge on any atom is 0.101 e. The summed E-state index contributed by atoms with van der Waals surface area (Å²) in [5.74, 6) is -1.51. The Labute approximate surface area is 117 Å². The molecule has 0 atom stereocenters. The third-order valence-corrected chi connectivity index (χ3v) is 3.14. The number of carbonyl (C=O) groups is 1. The molecule has 1 heterocycles. The van der Waals surface area contributed by atoms with E-state index in [0.717, 1.165) is 10.0 Å². The van der Waals surface area contributed by atoms with E-state index in [1.807, 2.05) is 24.3 Å². The Bertz CT molecular complexity index is 698. The minimum atomic E-state index is -1.51. The summed E-state index contributed by atoms with van der Waals surface area (Å²) in [6, 6.07) is 8.99. The van der Waals surface area contributed by atoms with E-state index in [-0.39, 0.29) is 0 Å². The number of nitriles is 1. The van der Waals surface area contributed by atoms with Crippen molar-refractivity contribution in [3.63, 3.8) is 0 Å². The summed E-state index contributed by atoms with van der Waals surface area (Å²) in [7, 11) is 0. The van der Waals surface area contributed by atoms with Gasteiger partial charge in [0.2, 0.25) is 0 Å². The molecule has 0 fully saturated rings. The zero-order valence-electron chi connectivity index (χ0n) is 9.55. The molecule has 0 bridgehead atoms. The first-order valence-corrected chi connectivity index (χ1v) is 6.04. The number of halogens is 1. The number of aliphatic carboxylic acids is 1. The molecular formula is C13H7BrN3O2-. The van der Waals surface area contributed by atoms with Gasteiger partial charge in [-0.05, 0) is 12.1 Å². The molecule has 0 saturated heterocycles. The smallest absolute Gasteiger partial charge is 0.101 e. The number of benzene rings is 1. The minimum Gasteiger partial charge on any atom is -0.544 e. The lowest BCUT2D eigenvalue weighted by Gasteiger charge is -2.04. The van der Waals surface area contributed by atoms with E-state index in [9.17, 15) is 9.90 Å². The normalized spacial score (nSPS) is 11.1. The highest BCUT2D eigenvalue weighted by Crippen LogP contribution is 2.29. The van der Waals surface area contributed by atoms with Crippen LogP contribution in [0.2, 0.25) is 0 Å². The van der Waals surface area contributed by atoms with E-state index >= 15 is 0 Å². The Morgan fingerprint density at radius 3 is 2.84 bits per heavy atom. The summed E-state index contributed by atoms with van der Waals surface area (Å²) in [5.41, 5.74) is 1.51. The average Bonchev–Trinajstić information content (AvgIpc) is 2.84. The quantitative estimate of drug-likeness (QED) is 0.686. The first-order chi connectivity index (χ1) is 9.13. The summed E-state index contributed by atoms with van der Waals surface area (Å²) in [5, 5.41) is 26.1. The van der Waals surface area contributed by atoms with Gasteiger partial charge in [0, 0.05) is 15.6 Å². The zero-order chi connectivity index (χ0) is 13.8. The molecule has 5 nitrogen and oxygen atoms in total. The van der Waals surface area contributed by atoms with Crippen LogP contribution in [0.5, 0.6) is 0 Å². The summed E-state index contributed by atoms with van der Waals surface area (Å²) in [4.78, 5) is 10.7. The standard InChI is InChI=1S/C13H8BrN3O2/c14-11-4-2-1-3-10(11)12-9(7-16-17-12)5-8(6-15)13(18)19/h1-5,7H,(H,16,17)(H,18,19)/p-1/b8-5+. The molecule has 19 heavy (non-hydrogen) atoms. The molecule has 0 aliphatic carbocycles. The van der Waals surface area contributed by atoms with Crippen LogP contribution in [0.1, 0.15) is 5.56 Å². The van der Waals surface area contributed by atoms with Crippen molar-refractivity contribution in [3.05, 3.63) is 46.1 Å². The van der Waals surface area contributed by atoms with Crippen molar-refractivity contribution in [2.24, 2.45) is 0 Å². The van der Waals surface area contributed by atoms with Crippen LogP contribution in [-0.4, -0.2) is 16.2 Å². The highest BCUT2D eigenvalue weighted by Gasteiger charge is 2.10. The Hall–Kier alpha value is -2.39. The molecule has 0 saturated carbocycles. The summed E-state index contributed by atoms with van der Waals surface area (Å²) < 4.78 is 0.834. The lowest BCUT2D eigenvalue weighted by atomic mass is 10.1. The van der Waals surface area contributed by atoms with Crippen LogP contribution in [0.15, 0.2) is 40.5 Å². The van der Waals surface area contributed by atoms with Crippen molar-refractivity contribution in [3.8, 4) is 17.3 Å². The molecule has 0 amide bonds. The van der Waals surface area contributed by atoms with Gasteiger partial charge in [0.15, 0.2) is 0 Å². The largest absolute Gasteiger partial charge is 0.544 e. The summed E-state index contributed by atoms with van der Waals surface area (Å²) in [6.07, 6.45) is 2.68. The molecule has 0 radical (unpaired) electrons. The monoisotopic (exact) mass is 316 g/mol. The van der Waals surface area contributed by atoms with Crippen molar-refractivity contribution in [2.45, 2.75) is 0 Å². The number of carboxylic acids is 1. The van der Waals surface area contributed by atoms with E-state index in [1.165, 1.54) is 12.3 Å². The van der Waals surface area contributed by atoms with E-state index < -0.39 is 11.5 Å². The Morgan fingerprint density at radius 1 is 1.47 bits per heavy atom. The molecule has 0 aliphatic heterocycles. The number of H-pyrrole nitrogens is 1. The number of aromatic amines is 1. The van der Waals surface area contributed by atoms with Crippen LogP contribution in [-0.2, 0) is 4.79 Å². The Kier molecular flexibility index (Phi) is 3.78. The number of rotatable bonds is 3. The van der Waals surface area contributed by atoms with Crippen LogP contribution in [0, 0.1) is 11.3 Å². The molecular weight excluding hydrogens is 310 g/mol. The van der Waals surface area contributed by atoms with Gasteiger partial charge < -0.3 is 9.90 Å². The number of nitrogens with zero attached hydrogens (tertiary/aromatic N) is 2. The first-order valence-electron chi connectivity index (χ1n) is 5.25. The average molecular weight is 317 g/mol. The van der Waals surface area contributed by atoms with Crippen LogP contribution in [0.3, 0.4) is 0 Å². The molecule has 1 aromatic carbocycles. The third-order valence-electron chi connectivity index (χ3n) is 2.45. The Balaban J connectivity index is 2.53. The van der Waals surface area contributed by atoms with Crippen LogP contribution < -0.4 is 5.11 Å². The number of aromatic nitrogens is 2. The van der Waals surface area contributed by atoms with Gasteiger partial charge in [-0.15, -0.1) is 0 Å². The van der Waals surface area contributed by atoms with Gasteiger partial charge in [0.25, 0.3) is 0 Å². The lowest BCUT2D eigenvalue weighted by molar-refractivity contribution is -0.298. The number of carbonyl (C=O) groups excluding carboxylic acids is 1. The summed E-state index contributed by atoms with van der Waals surface area (Å²) in [6.45, 7) is 0. The van der Waals surface area contributed by atoms with Gasteiger partial charge in [-0.2, -0.15) is 10.4 Å². The van der Waals surface area contributed by atoms with E-state index in [4.69, 9.17) is 5.26 Å². The van der Waals surface area contributed by atoms with Crippen LogP contribution >= 0.6 is 15.9 Å². The van der Waals surface area contributed by atoms with Gasteiger partial charge in [-0.1, -0.05) is 34.1 Å². The lowest BCUT2D eigenvalue weighted by Crippen LogP contribution is -2.23. The zero-order valence-corrected chi connectivity index (χ0v) is 11.1. The molecule has 0 spiro atoms. The highest BCUT2D eigenvalue weighted by atomic mass is 79.9. The topological polar surface area (TPSA) is 92.6 Å². The predicted molar refractivity (Wildman–Crippen MR) is 70.3 cm³/mol. The van der Waals surface area contributed by atoms with Crippen LogP contribution in [0.25, 0.3) is 17.3 Å². The minimum absolute atomic E-state index is 0.449. The maximum atomic E-state index is 10.7. The molecule has 0 aliphatic rings. The van der Waals surface area contributed by atoms with Gasteiger partial charge >= 0.3 is 0 Å². The Morgan fingerprint density at radius 2 is 2.21 bits per heavy atom. The number of nitrogens with one attached hydrogen (secondary N) is 1. The first kappa shape index (κ1) is 13.1. The van der Waals surface area contributed by atoms with Crippen molar-refractivity contribution in [1.82, 2.24) is 10.2 Å². The highest BCUT2D eigenvalue weighted by molar-refractivity contribution is 9.10. The maximum absolute atomic E-state index is 10.7. The van der Waals surface area contributed by atoms with Crippen molar-refractivity contribution < 1.29 is 9.90 Å². The van der Waals surface area contributed by atoms with Crippen molar-refractivity contribution in [2.75, 3.05) is 0 Å². The molecule has 0 unspecified atom stereocenters. The molecule has 1 aromatic heterocycles. The molecule has 2 aromatic rings. The van der Waals surface area contributed by atoms with Crippen LogP contribution in [0.4, 0.5) is 0 Å². The summed E-state index contributed by atoms with van der Waals surface area (Å²) >= 11 is 3.40. The van der Waals surface area contributed by atoms with Gasteiger partial charge in [0.1, 0.15) is 6.07 Å². The number of carboxylic acid groups (broad SMARTS) is 1. The second kappa shape index (κ2) is 5.50. The second-order valence-electron chi connectivity index (χ2n) is 3.64. The predicted octanol–water partition coefficient (Wildman–Crippen LogP) is 1.50. The fourth-order valence-corrected chi connectivity index (χ4v) is 2.06. The van der Waals surface area contributed by atoms with E-state index in [0.29, 0.717) is 11.3 Å². The molecule has 6 heteroatoms. The van der Waals surface area contributed by atoms with Crippen molar-refractivity contribution in [1.29, 1.82) is 5.26 Å². The molecule has 2 rings (SSSR count). The fourth-order valence-electron chi connectivity index (χ4n) is 1.58. The van der Waals surface area contributed by atoms with Crippen molar-refractivity contribution >= 4 is 28.0 Å². The molecule has 94 valence electrons. The third kappa shape index (κ3) is 2.72. The molecule has 1 N–H and O–H groups in total. The SMILES string of the molecule is N#C/C(=C\c1cn[nH]c1-c1ccccc1Br)C(=O)[O-]. The second-order valence-corrected chi connectivity index (χ2v) is 4.49. The van der Waals surface area contributed by atoms with E-state index in [2.05, 4.69) is 26.1 Å². The number of hydrogen-bond donors (Lipinski definition) is 1. The fraction of sp³-hybridized carbons (Fsp3) is 0. The van der Waals surface area contributed by atoms with E-state index in [1.54, 1.807) is 6.07 Å². The van der Waals surface area contributed by atoms with Gasteiger partial charge in [-0.3, -0.25) is 5.10 Å².